The number of nitrogens with one attached hydrogen (secondary N) is 1. The molecule has 0 unspecified atom stereocenters. The van der Waals surface area contributed by atoms with Crippen molar-refractivity contribution in [1.82, 2.24) is 0 Å². The Hall–Kier alpha value is -2.27. The molecule has 1 aromatic carbocycles. The Kier molecular flexibility index (Phi) is 4.20. The molecule has 5 nitrogen and oxygen atoms in total. The summed E-state index contributed by atoms with van der Waals surface area (Å²) in [6.45, 7) is 2.14. The predicted octanol–water partition coefficient (Wildman–Crippen LogP) is 2.33. The summed E-state index contributed by atoms with van der Waals surface area (Å²) in [4.78, 5) is 11.7. The third-order valence-corrected chi connectivity index (χ3v) is 2.59. The smallest absolute Gasteiger partial charge is 0.250 e. The van der Waals surface area contributed by atoms with Crippen molar-refractivity contribution in [2.45, 2.75) is 13.5 Å². The summed E-state index contributed by atoms with van der Waals surface area (Å²) in [5.41, 5.74) is 7.93. The molecular formula is C14H16N2O3. The van der Waals surface area contributed by atoms with Gasteiger partial charge >= 0.3 is 0 Å². The van der Waals surface area contributed by atoms with Crippen LogP contribution in [-0.2, 0) is 16.1 Å². The lowest BCUT2D eigenvalue weighted by atomic mass is 10.2. The zero-order valence-corrected chi connectivity index (χ0v) is 10.7. The van der Waals surface area contributed by atoms with Crippen LogP contribution in [0.3, 0.4) is 0 Å². The molecule has 0 saturated heterocycles. The summed E-state index contributed by atoms with van der Waals surface area (Å²) in [6, 6.07) is 8.93. The Bertz CT molecular complexity index is 550. The summed E-state index contributed by atoms with van der Waals surface area (Å²) in [5.74, 6) is 0.466. The molecule has 0 aliphatic carbocycles. The first-order chi connectivity index (χ1) is 9.15. The fourth-order valence-electron chi connectivity index (χ4n) is 1.60. The molecule has 0 atom stereocenters. The first-order valence-electron chi connectivity index (χ1n) is 5.91. The molecule has 3 N–H and O–H groups in total. The van der Waals surface area contributed by atoms with Gasteiger partial charge in [-0.3, -0.25) is 4.79 Å². The molecule has 1 aromatic heterocycles. The van der Waals surface area contributed by atoms with Crippen LogP contribution < -0.4 is 11.1 Å². The number of nitrogens with two attached hydrogens (primary N) is 1. The van der Waals surface area contributed by atoms with Crippen molar-refractivity contribution >= 4 is 17.3 Å². The average molecular weight is 260 g/mol. The normalized spacial score (nSPS) is 10.4. The minimum absolute atomic E-state index is 0.0328. The Labute approximate surface area is 111 Å². The minimum atomic E-state index is -0.222. The highest BCUT2D eigenvalue weighted by Crippen LogP contribution is 2.17. The van der Waals surface area contributed by atoms with Crippen LogP contribution in [0.2, 0.25) is 0 Å². The highest BCUT2D eigenvalue weighted by atomic mass is 16.5. The molecule has 2 aromatic rings. The first-order valence-corrected chi connectivity index (χ1v) is 5.91. The average Bonchev–Trinajstić information content (AvgIpc) is 2.87. The monoisotopic (exact) mass is 260 g/mol. The number of ether oxygens (including phenoxy) is 1. The zero-order valence-electron chi connectivity index (χ0n) is 10.7. The van der Waals surface area contributed by atoms with E-state index >= 15 is 0 Å². The van der Waals surface area contributed by atoms with Gasteiger partial charge in [-0.15, -0.1) is 0 Å². The van der Waals surface area contributed by atoms with E-state index in [2.05, 4.69) is 5.32 Å². The van der Waals surface area contributed by atoms with Crippen molar-refractivity contribution in [3.8, 4) is 0 Å². The maximum absolute atomic E-state index is 11.7. The van der Waals surface area contributed by atoms with Gasteiger partial charge in [-0.1, -0.05) is 6.07 Å². The minimum Gasteiger partial charge on any atom is -0.467 e. The van der Waals surface area contributed by atoms with Crippen LogP contribution in [0.5, 0.6) is 0 Å². The van der Waals surface area contributed by atoms with Gasteiger partial charge in [-0.05, 0) is 36.8 Å². The van der Waals surface area contributed by atoms with Crippen molar-refractivity contribution in [2.75, 3.05) is 17.7 Å². The van der Waals surface area contributed by atoms with Gasteiger partial charge in [0.25, 0.3) is 0 Å². The van der Waals surface area contributed by atoms with Crippen molar-refractivity contribution in [3.63, 3.8) is 0 Å². The van der Waals surface area contributed by atoms with E-state index in [0.29, 0.717) is 17.1 Å². The fraction of sp³-hybridized carbons (Fsp3) is 0.214. The molecule has 0 spiro atoms. The molecule has 1 amide bonds. The van der Waals surface area contributed by atoms with E-state index in [4.69, 9.17) is 14.9 Å². The van der Waals surface area contributed by atoms with E-state index in [0.717, 1.165) is 5.56 Å². The van der Waals surface area contributed by atoms with Crippen molar-refractivity contribution < 1.29 is 13.9 Å². The molecule has 0 bridgehead atoms. The van der Waals surface area contributed by atoms with Gasteiger partial charge in [0.05, 0.1) is 6.26 Å². The molecule has 0 radical (unpaired) electrons. The van der Waals surface area contributed by atoms with Gasteiger partial charge in [0.1, 0.15) is 19.0 Å². The van der Waals surface area contributed by atoms with Gasteiger partial charge in [0, 0.05) is 11.4 Å². The first kappa shape index (κ1) is 13.2. The molecule has 19 heavy (non-hydrogen) atoms. The van der Waals surface area contributed by atoms with E-state index in [1.807, 2.05) is 13.0 Å². The molecule has 0 saturated carbocycles. The number of hydrogen-bond acceptors (Lipinski definition) is 4. The number of benzene rings is 1. The van der Waals surface area contributed by atoms with Crippen LogP contribution in [0.15, 0.2) is 41.0 Å². The Morgan fingerprint density at radius 1 is 1.42 bits per heavy atom. The molecule has 0 aliphatic heterocycles. The summed E-state index contributed by atoms with van der Waals surface area (Å²) in [5, 5.41) is 2.76. The van der Waals surface area contributed by atoms with Crippen LogP contribution in [0.4, 0.5) is 11.4 Å². The number of carbonyl (C=O) groups is 1. The fourth-order valence-corrected chi connectivity index (χ4v) is 1.60. The van der Waals surface area contributed by atoms with E-state index in [9.17, 15) is 4.79 Å². The van der Waals surface area contributed by atoms with Gasteiger partial charge in [-0.2, -0.15) is 0 Å². The highest BCUT2D eigenvalue weighted by molar-refractivity contribution is 5.92. The number of hydrogen-bond donors (Lipinski definition) is 2. The quantitative estimate of drug-likeness (QED) is 0.809. The highest BCUT2D eigenvalue weighted by Gasteiger charge is 2.06. The van der Waals surface area contributed by atoms with Crippen LogP contribution in [0, 0.1) is 6.92 Å². The van der Waals surface area contributed by atoms with Gasteiger partial charge in [0.2, 0.25) is 5.91 Å². The van der Waals surface area contributed by atoms with Crippen LogP contribution in [0.25, 0.3) is 0 Å². The molecule has 2 rings (SSSR count). The number of nitrogen functional groups attached to an aromatic ring is 1. The lowest BCUT2D eigenvalue weighted by molar-refractivity contribution is -0.121. The number of furan rings is 1. The number of amides is 1. The number of aryl methyl sites for hydroxylation is 1. The number of rotatable bonds is 5. The summed E-state index contributed by atoms with van der Waals surface area (Å²) in [6.07, 6.45) is 1.56. The van der Waals surface area contributed by atoms with Crippen LogP contribution in [-0.4, -0.2) is 12.5 Å². The largest absolute Gasteiger partial charge is 0.467 e. The standard InChI is InChI=1S/C14H16N2O3/c1-10-4-5-11(15)7-13(10)16-14(17)9-18-8-12-3-2-6-19-12/h2-7H,8-9,15H2,1H3,(H,16,17). The third kappa shape index (κ3) is 3.86. The molecule has 1 heterocycles. The summed E-state index contributed by atoms with van der Waals surface area (Å²) >= 11 is 0. The molecule has 100 valence electrons. The van der Waals surface area contributed by atoms with Gasteiger partial charge in [0.15, 0.2) is 0 Å². The van der Waals surface area contributed by atoms with Gasteiger partial charge in [-0.25, -0.2) is 0 Å². The summed E-state index contributed by atoms with van der Waals surface area (Å²) < 4.78 is 10.3. The van der Waals surface area contributed by atoms with Crippen LogP contribution in [0.1, 0.15) is 11.3 Å². The second-order valence-corrected chi connectivity index (χ2v) is 4.19. The van der Waals surface area contributed by atoms with Crippen molar-refractivity contribution in [3.05, 3.63) is 47.9 Å². The number of carbonyl (C=O) groups excluding carboxylic acids is 1. The van der Waals surface area contributed by atoms with Crippen molar-refractivity contribution in [2.24, 2.45) is 0 Å². The Morgan fingerprint density at radius 3 is 3.00 bits per heavy atom. The van der Waals surface area contributed by atoms with Crippen molar-refractivity contribution in [1.29, 1.82) is 0 Å². The zero-order chi connectivity index (χ0) is 13.7. The van der Waals surface area contributed by atoms with Gasteiger partial charge < -0.3 is 20.2 Å². The second kappa shape index (κ2) is 6.06. The van der Waals surface area contributed by atoms with E-state index in [1.165, 1.54) is 0 Å². The lowest BCUT2D eigenvalue weighted by Crippen LogP contribution is -2.18. The maximum Gasteiger partial charge on any atom is 0.250 e. The Balaban J connectivity index is 1.82. The van der Waals surface area contributed by atoms with E-state index < -0.39 is 0 Å². The second-order valence-electron chi connectivity index (χ2n) is 4.19. The molecule has 0 fully saturated rings. The molecule has 5 heteroatoms. The SMILES string of the molecule is Cc1ccc(N)cc1NC(=O)COCc1ccco1. The van der Waals surface area contributed by atoms with E-state index in [-0.39, 0.29) is 19.1 Å². The Morgan fingerprint density at radius 2 is 2.26 bits per heavy atom. The lowest BCUT2D eigenvalue weighted by Gasteiger charge is -2.09. The third-order valence-electron chi connectivity index (χ3n) is 2.59. The van der Waals surface area contributed by atoms with Crippen LogP contribution >= 0.6 is 0 Å². The number of anilines is 2. The predicted molar refractivity (Wildman–Crippen MR) is 72.6 cm³/mol. The topological polar surface area (TPSA) is 77.5 Å². The van der Waals surface area contributed by atoms with E-state index in [1.54, 1.807) is 30.5 Å². The molecule has 0 aliphatic rings. The molecular weight excluding hydrogens is 244 g/mol. The maximum atomic E-state index is 11.7. The summed E-state index contributed by atoms with van der Waals surface area (Å²) in [7, 11) is 0.